The van der Waals surface area contributed by atoms with E-state index in [2.05, 4.69) is 36.8 Å². The highest BCUT2D eigenvalue weighted by molar-refractivity contribution is 9.10. The van der Waals surface area contributed by atoms with Crippen molar-refractivity contribution in [1.82, 2.24) is 5.32 Å². The molecular formula is C19H17BrN4O3S. The summed E-state index contributed by atoms with van der Waals surface area (Å²) in [5.74, 6) is 0.263. The van der Waals surface area contributed by atoms with Gasteiger partial charge in [-0.2, -0.15) is 5.10 Å². The highest BCUT2D eigenvalue weighted by Crippen LogP contribution is 2.23. The monoisotopic (exact) mass is 460 g/mol. The molecule has 0 saturated carbocycles. The third kappa shape index (κ3) is 5.67. The van der Waals surface area contributed by atoms with E-state index >= 15 is 0 Å². The zero-order valence-electron chi connectivity index (χ0n) is 14.9. The predicted octanol–water partition coefficient (Wildman–Crippen LogP) is 3.41. The maximum absolute atomic E-state index is 12.2. The number of ether oxygens (including phenoxy) is 1. The van der Waals surface area contributed by atoms with Crippen LogP contribution in [0.3, 0.4) is 0 Å². The van der Waals surface area contributed by atoms with Crippen LogP contribution in [0.5, 0.6) is 5.75 Å². The molecule has 3 rings (SSSR count). The molecule has 1 saturated heterocycles. The fourth-order valence-electron chi connectivity index (χ4n) is 2.34. The van der Waals surface area contributed by atoms with Gasteiger partial charge in [0.2, 0.25) is 11.8 Å². The maximum atomic E-state index is 12.2. The second-order valence-electron chi connectivity index (χ2n) is 5.78. The van der Waals surface area contributed by atoms with Crippen LogP contribution in [0.25, 0.3) is 0 Å². The summed E-state index contributed by atoms with van der Waals surface area (Å²) in [6, 6.07) is 14.6. The molecule has 1 unspecified atom stereocenters. The Bertz CT molecular complexity index is 914. The number of thioether (sulfide) groups is 1. The van der Waals surface area contributed by atoms with Crippen molar-refractivity contribution in [3.63, 3.8) is 0 Å². The van der Waals surface area contributed by atoms with E-state index < -0.39 is 5.25 Å². The average Bonchev–Trinajstić information content (AvgIpc) is 3.03. The van der Waals surface area contributed by atoms with Crippen molar-refractivity contribution < 1.29 is 14.3 Å². The van der Waals surface area contributed by atoms with Gasteiger partial charge in [0.1, 0.15) is 11.0 Å². The number of benzene rings is 2. The average molecular weight is 461 g/mol. The zero-order chi connectivity index (χ0) is 19.9. The van der Waals surface area contributed by atoms with Gasteiger partial charge >= 0.3 is 0 Å². The Labute approximate surface area is 174 Å². The number of hydrogen-bond acceptors (Lipinski definition) is 6. The zero-order valence-corrected chi connectivity index (χ0v) is 17.3. The molecule has 1 heterocycles. The Balaban J connectivity index is 1.53. The Kier molecular flexibility index (Phi) is 6.83. The summed E-state index contributed by atoms with van der Waals surface area (Å²) < 4.78 is 6.02. The SMILES string of the molecule is COc1ccc(C=N/N=C2\NC(=O)C(CC(=O)Nc3ccc(Br)cc3)S2)cc1. The lowest BCUT2D eigenvalue weighted by molar-refractivity contribution is -0.122. The number of hydrogen-bond donors (Lipinski definition) is 2. The van der Waals surface area contributed by atoms with Gasteiger partial charge in [-0.05, 0) is 54.1 Å². The number of carbonyl (C=O) groups excluding carboxylic acids is 2. The van der Waals surface area contributed by atoms with Gasteiger partial charge < -0.3 is 15.4 Å². The van der Waals surface area contributed by atoms with Crippen molar-refractivity contribution >= 4 is 56.6 Å². The van der Waals surface area contributed by atoms with Crippen LogP contribution >= 0.6 is 27.7 Å². The molecule has 0 aliphatic carbocycles. The van der Waals surface area contributed by atoms with Crippen LogP contribution in [-0.2, 0) is 9.59 Å². The summed E-state index contributed by atoms with van der Waals surface area (Å²) in [4.78, 5) is 24.2. The van der Waals surface area contributed by atoms with Gasteiger partial charge in [0.15, 0.2) is 5.17 Å². The highest BCUT2D eigenvalue weighted by atomic mass is 79.9. The molecule has 0 bridgehead atoms. The van der Waals surface area contributed by atoms with Crippen LogP contribution in [0.4, 0.5) is 5.69 Å². The van der Waals surface area contributed by atoms with Crippen molar-refractivity contribution in [2.24, 2.45) is 10.2 Å². The smallest absolute Gasteiger partial charge is 0.240 e. The van der Waals surface area contributed by atoms with Gasteiger partial charge in [0.25, 0.3) is 0 Å². The van der Waals surface area contributed by atoms with Gasteiger partial charge in [0, 0.05) is 16.6 Å². The molecule has 1 fully saturated rings. The van der Waals surface area contributed by atoms with Gasteiger partial charge in [-0.25, -0.2) is 0 Å². The minimum absolute atomic E-state index is 0.0494. The van der Waals surface area contributed by atoms with Crippen LogP contribution in [0, 0.1) is 0 Å². The second kappa shape index (κ2) is 9.52. The Hall–Kier alpha value is -2.65. The van der Waals surface area contributed by atoms with E-state index in [9.17, 15) is 9.59 Å². The molecule has 144 valence electrons. The molecular weight excluding hydrogens is 444 g/mol. The standard InChI is InChI=1S/C19H17BrN4O3S/c1-27-15-8-2-12(3-9-15)11-21-24-19-23-18(26)16(28-19)10-17(25)22-14-6-4-13(20)5-7-14/h2-9,11,16H,10H2,1H3,(H,22,25)(H,23,24,26). The van der Waals surface area contributed by atoms with E-state index in [-0.39, 0.29) is 18.2 Å². The summed E-state index contributed by atoms with van der Waals surface area (Å²) in [6.45, 7) is 0. The molecule has 28 heavy (non-hydrogen) atoms. The number of amidine groups is 1. The van der Waals surface area contributed by atoms with Crippen molar-refractivity contribution in [2.45, 2.75) is 11.7 Å². The van der Waals surface area contributed by atoms with Gasteiger partial charge in [-0.1, -0.05) is 27.7 Å². The Morgan fingerprint density at radius 2 is 1.96 bits per heavy atom. The number of anilines is 1. The molecule has 0 radical (unpaired) electrons. The molecule has 2 aromatic rings. The van der Waals surface area contributed by atoms with Crippen molar-refractivity contribution in [3.8, 4) is 5.75 Å². The minimum atomic E-state index is -0.537. The van der Waals surface area contributed by atoms with Crippen molar-refractivity contribution in [1.29, 1.82) is 0 Å². The van der Waals surface area contributed by atoms with E-state index in [4.69, 9.17) is 4.74 Å². The van der Waals surface area contributed by atoms with Crippen LogP contribution < -0.4 is 15.4 Å². The molecule has 1 aliphatic heterocycles. The summed E-state index contributed by atoms with van der Waals surface area (Å²) in [5, 5.41) is 13.2. The van der Waals surface area contributed by atoms with Crippen LogP contribution in [-0.4, -0.2) is 35.6 Å². The predicted molar refractivity (Wildman–Crippen MR) is 115 cm³/mol. The molecule has 2 N–H and O–H groups in total. The molecule has 2 aromatic carbocycles. The fourth-order valence-corrected chi connectivity index (χ4v) is 3.53. The van der Waals surface area contributed by atoms with E-state index in [1.165, 1.54) is 11.8 Å². The normalized spacial score (nSPS) is 17.7. The van der Waals surface area contributed by atoms with Crippen LogP contribution in [0.15, 0.2) is 63.2 Å². The van der Waals surface area contributed by atoms with Crippen LogP contribution in [0.2, 0.25) is 0 Å². The highest BCUT2D eigenvalue weighted by Gasteiger charge is 2.32. The molecule has 0 spiro atoms. The number of carbonyl (C=O) groups is 2. The van der Waals surface area contributed by atoms with Crippen molar-refractivity contribution in [2.75, 3.05) is 12.4 Å². The quantitative estimate of drug-likeness (QED) is 0.510. The third-order valence-corrected chi connectivity index (χ3v) is 5.35. The lowest BCUT2D eigenvalue weighted by Gasteiger charge is -2.07. The number of halogens is 1. The topological polar surface area (TPSA) is 92.2 Å². The first-order valence-corrected chi connectivity index (χ1v) is 9.99. The lowest BCUT2D eigenvalue weighted by Crippen LogP contribution is -2.28. The van der Waals surface area contributed by atoms with Crippen LogP contribution in [0.1, 0.15) is 12.0 Å². The first kappa shape index (κ1) is 20.1. The third-order valence-electron chi connectivity index (χ3n) is 3.75. The first-order chi connectivity index (χ1) is 13.5. The molecule has 7 nitrogen and oxygen atoms in total. The summed E-state index contributed by atoms with van der Waals surface area (Å²) in [6.07, 6.45) is 1.63. The number of nitrogens with zero attached hydrogens (tertiary/aromatic N) is 2. The second-order valence-corrected chi connectivity index (χ2v) is 7.88. The van der Waals surface area contributed by atoms with E-state index in [0.29, 0.717) is 10.9 Å². The first-order valence-electron chi connectivity index (χ1n) is 8.31. The van der Waals surface area contributed by atoms with E-state index in [0.717, 1.165) is 15.8 Å². The molecule has 9 heteroatoms. The Morgan fingerprint density at radius 3 is 2.64 bits per heavy atom. The summed E-state index contributed by atoms with van der Waals surface area (Å²) >= 11 is 4.53. The summed E-state index contributed by atoms with van der Waals surface area (Å²) in [7, 11) is 1.60. The van der Waals surface area contributed by atoms with Gasteiger partial charge in [0.05, 0.1) is 13.3 Å². The van der Waals surface area contributed by atoms with E-state index in [1.54, 1.807) is 25.5 Å². The number of methoxy groups -OCH3 is 1. The maximum Gasteiger partial charge on any atom is 0.240 e. The van der Waals surface area contributed by atoms with E-state index in [1.807, 2.05) is 36.4 Å². The fraction of sp³-hybridized carbons (Fsp3) is 0.158. The van der Waals surface area contributed by atoms with Crippen molar-refractivity contribution in [3.05, 3.63) is 58.6 Å². The minimum Gasteiger partial charge on any atom is -0.497 e. The molecule has 0 aromatic heterocycles. The van der Waals surface area contributed by atoms with Gasteiger partial charge in [-0.3, -0.25) is 9.59 Å². The largest absolute Gasteiger partial charge is 0.497 e. The number of rotatable bonds is 6. The molecule has 2 amide bonds. The summed E-state index contributed by atoms with van der Waals surface area (Å²) in [5.41, 5.74) is 1.53. The van der Waals surface area contributed by atoms with Gasteiger partial charge in [-0.15, -0.1) is 5.10 Å². The number of nitrogens with one attached hydrogen (secondary N) is 2. The molecule has 1 aliphatic rings. The Morgan fingerprint density at radius 1 is 1.25 bits per heavy atom. The number of amides is 2. The molecule has 1 atom stereocenters. The lowest BCUT2D eigenvalue weighted by atomic mass is 10.2.